The molecule has 14 heavy (non-hydrogen) atoms. The Morgan fingerprint density at radius 2 is 1.86 bits per heavy atom. The largest absolute Gasteiger partial charge is 0.342 e. The molecule has 0 bridgehead atoms. The van der Waals surface area contributed by atoms with E-state index in [2.05, 4.69) is 6.92 Å². The van der Waals surface area contributed by atoms with Crippen LogP contribution in [-0.4, -0.2) is 29.3 Å². The van der Waals surface area contributed by atoms with Gasteiger partial charge in [-0.2, -0.15) is 0 Å². The van der Waals surface area contributed by atoms with Gasteiger partial charge in [-0.1, -0.05) is 0 Å². The molecule has 0 N–H and O–H groups in total. The Bertz CT molecular complexity index is 217. The van der Waals surface area contributed by atoms with Gasteiger partial charge in [0.05, 0.1) is 0 Å². The van der Waals surface area contributed by atoms with Gasteiger partial charge in [0, 0.05) is 24.4 Å². The monoisotopic (exact) mass is 215 g/mol. The summed E-state index contributed by atoms with van der Waals surface area (Å²) in [7, 11) is 0. The second-order valence-corrected chi connectivity index (χ2v) is 5.30. The van der Waals surface area contributed by atoms with Crippen LogP contribution in [0, 0.1) is 11.8 Å². The van der Waals surface area contributed by atoms with Crippen LogP contribution in [0.4, 0.5) is 0 Å². The van der Waals surface area contributed by atoms with E-state index in [-0.39, 0.29) is 5.38 Å². The van der Waals surface area contributed by atoms with Gasteiger partial charge in [-0.25, -0.2) is 0 Å². The van der Waals surface area contributed by atoms with E-state index in [9.17, 15) is 4.79 Å². The fourth-order valence-electron chi connectivity index (χ4n) is 2.17. The number of piperidine rings is 1. The SMILES string of the molecule is CC(Cl)C1CCN(C(=O)C2CC2)CC1. The van der Waals surface area contributed by atoms with Gasteiger partial charge in [0.1, 0.15) is 0 Å². The van der Waals surface area contributed by atoms with E-state index in [1.165, 1.54) is 0 Å². The van der Waals surface area contributed by atoms with Crippen molar-refractivity contribution in [3.05, 3.63) is 0 Å². The Morgan fingerprint density at radius 1 is 1.29 bits per heavy atom. The van der Waals surface area contributed by atoms with Crippen molar-refractivity contribution in [3.63, 3.8) is 0 Å². The van der Waals surface area contributed by atoms with Crippen molar-refractivity contribution in [2.45, 2.75) is 38.0 Å². The number of amides is 1. The highest BCUT2D eigenvalue weighted by Crippen LogP contribution is 2.33. The molecule has 2 aliphatic rings. The van der Waals surface area contributed by atoms with Crippen LogP contribution < -0.4 is 0 Å². The lowest BCUT2D eigenvalue weighted by Gasteiger charge is -2.33. The van der Waals surface area contributed by atoms with Crippen LogP contribution in [0.15, 0.2) is 0 Å². The molecular weight excluding hydrogens is 198 g/mol. The number of likely N-dealkylation sites (tertiary alicyclic amines) is 1. The Labute approximate surface area is 90.6 Å². The lowest BCUT2D eigenvalue weighted by atomic mass is 9.94. The summed E-state index contributed by atoms with van der Waals surface area (Å²) in [6.45, 7) is 3.92. The Morgan fingerprint density at radius 3 is 2.29 bits per heavy atom. The second-order valence-electron chi connectivity index (χ2n) is 4.61. The molecule has 0 spiro atoms. The maximum Gasteiger partial charge on any atom is 0.225 e. The molecular formula is C11H18ClNO. The van der Waals surface area contributed by atoms with Gasteiger partial charge in [-0.15, -0.1) is 11.6 Å². The minimum Gasteiger partial charge on any atom is -0.342 e. The molecule has 3 heteroatoms. The van der Waals surface area contributed by atoms with Crippen LogP contribution in [0.2, 0.25) is 0 Å². The normalized spacial score (nSPS) is 26.3. The number of hydrogen-bond acceptors (Lipinski definition) is 1. The summed E-state index contributed by atoms with van der Waals surface area (Å²) in [6.07, 6.45) is 4.40. The fraction of sp³-hybridized carbons (Fsp3) is 0.909. The van der Waals surface area contributed by atoms with Crippen molar-refractivity contribution in [2.75, 3.05) is 13.1 Å². The number of carbonyl (C=O) groups is 1. The van der Waals surface area contributed by atoms with E-state index >= 15 is 0 Å². The number of halogens is 1. The smallest absolute Gasteiger partial charge is 0.225 e. The highest BCUT2D eigenvalue weighted by atomic mass is 35.5. The van der Waals surface area contributed by atoms with Crippen LogP contribution in [0.25, 0.3) is 0 Å². The second kappa shape index (κ2) is 4.09. The van der Waals surface area contributed by atoms with E-state index in [1.54, 1.807) is 0 Å². The maximum atomic E-state index is 11.7. The molecule has 0 aromatic rings. The number of nitrogens with zero attached hydrogens (tertiary/aromatic N) is 1. The van der Waals surface area contributed by atoms with Crippen molar-refractivity contribution in [3.8, 4) is 0 Å². The number of alkyl halides is 1. The molecule has 2 nitrogen and oxygen atoms in total. The summed E-state index contributed by atoms with van der Waals surface area (Å²) in [6, 6.07) is 0. The van der Waals surface area contributed by atoms with Gasteiger partial charge in [-0.3, -0.25) is 4.79 Å². The summed E-state index contributed by atoms with van der Waals surface area (Å²) < 4.78 is 0. The molecule has 1 aliphatic heterocycles. The standard InChI is InChI=1S/C11H18ClNO/c1-8(12)9-4-6-13(7-5-9)11(14)10-2-3-10/h8-10H,2-7H2,1H3. The predicted octanol–water partition coefficient (Wildman–Crippen LogP) is 2.26. The zero-order valence-corrected chi connectivity index (χ0v) is 9.46. The van der Waals surface area contributed by atoms with E-state index in [1.807, 2.05) is 4.90 Å². The van der Waals surface area contributed by atoms with E-state index in [0.29, 0.717) is 17.7 Å². The van der Waals surface area contributed by atoms with Crippen LogP contribution in [0.1, 0.15) is 32.6 Å². The highest BCUT2D eigenvalue weighted by Gasteiger charge is 2.35. The zero-order chi connectivity index (χ0) is 10.1. The first kappa shape index (κ1) is 10.3. The van der Waals surface area contributed by atoms with Crippen LogP contribution in [0.5, 0.6) is 0 Å². The van der Waals surface area contributed by atoms with Gasteiger partial charge >= 0.3 is 0 Å². The molecule has 80 valence electrons. The zero-order valence-electron chi connectivity index (χ0n) is 8.71. The Kier molecular flexibility index (Phi) is 3.01. The molecule has 0 radical (unpaired) electrons. The van der Waals surface area contributed by atoms with E-state index < -0.39 is 0 Å². The number of rotatable bonds is 2. The van der Waals surface area contributed by atoms with Gasteiger partial charge in [0.25, 0.3) is 0 Å². The van der Waals surface area contributed by atoms with Crippen LogP contribution in [0.3, 0.4) is 0 Å². The molecule has 1 saturated carbocycles. The molecule has 2 rings (SSSR count). The maximum absolute atomic E-state index is 11.7. The number of hydrogen-bond donors (Lipinski definition) is 0. The molecule has 2 fully saturated rings. The molecule has 1 aliphatic carbocycles. The summed E-state index contributed by atoms with van der Waals surface area (Å²) in [5.41, 5.74) is 0. The first-order valence-electron chi connectivity index (χ1n) is 5.61. The first-order valence-corrected chi connectivity index (χ1v) is 6.05. The summed E-state index contributed by atoms with van der Waals surface area (Å²) in [5, 5.41) is 0.258. The van der Waals surface area contributed by atoms with Gasteiger partial charge in [-0.05, 0) is 38.5 Å². The molecule has 1 amide bonds. The van der Waals surface area contributed by atoms with Crippen LogP contribution in [-0.2, 0) is 4.79 Å². The van der Waals surface area contributed by atoms with E-state index in [4.69, 9.17) is 11.6 Å². The molecule has 1 heterocycles. The average molecular weight is 216 g/mol. The average Bonchev–Trinajstić information content (AvgIpc) is 3.00. The lowest BCUT2D eigenvalue weighted by Crippen LogP contribution is -2.40. The summed E-state index contributed by atoms with van der Waals surface area (Å²) >= 11 is 6.06. The Balaban J connectivity index is 1.80. The third-order valence-corrected chi connectivity index (χ3v) is 3.78. The summed E-state index contributed by atoms with van der Waals surface area (Å²) in [4.78, 5) is 13.8. The minimum absolute atomic E-state index is 0.258. The van der Waals surface area contributed by atoms with Crippen molar-refractivity contribution in [2.24, 2.45) is 11.8 Å². The van der Waals surface area contributed by atoms with Crippen molar-refractivity contribution in [1.82, 2.24) is 4.90 Å². The molecule has 0 aromatic carbocycles. The van der Waals surface area contributed by atoms with Crippen molar-refractivity contribution >= 4 is 17.5 Å². The molecule has 1 atom stereocenters. The molecule has 1 saturated heterocycles. The number of carbonyl (C=O) groups excluding carboxylic acids is 1. The molecule has 0 aromatic heterocycles. The quantitative estimate of drug-likeness (QED) is 0.648. The highest BCUT2D eigenvalue weighted by molar-refractivity contribution is 6.20. The molecule has 1 unspecified atom stereocenters. The topological polar surface area (TPSA) is 20.3 Å². The van der Waals surface area contributed by atoms with Crippen molar-refractivity contribution < 1.29 is 4.79 Å². The Hall–Kier alpha value is -0.240. The van der Waals surface area contributed by atoms with Gasteiger partial charge < -0.3 is 4.90 Å². The van der Waals surface area contributed by atoms with Crippen LogP contribution >= 0.6 is 11.6 Å². The lowest BCUT2D eigenvalue weighted by molar-refractivity contribution is -0.133. The van der Waals surface area contributed by atoms with E-state index in [0.717, 1.165) is 38.8 Å². The fourth-order valence-corrected chi connectivity index (χ4v) is 2.42. The minimum atomic E-state index is 0.258. The predicted molar refractivity (Wildman–Crippen MR) is 57.3 cm³/mol. The first-order chi connectivity index (χ1) is 6.68. The van der Waals surface area contributed by atoms with Gasteiger partial charge in [0.2, 0.25) is 5.91 Å². The summed E-state index contributed by atoms with van der Waals surface area (Å²) in [5.74, 6) is 1.38. The third kappa shape index (κ3) is 2.22. The third-order valence-electron chi connectivity index (χ3n) is 3.43. The van der Waals surface area contributed by atoms with Crippen molar-refractivity contribution in [1.29, 1.82) is 0 Å². The van der Waals surface area contributed by atoms with Gasteiger partial charge in [0.15, 0.2) is 0 Å².